The number of rotatable bonds is 4. The number of nitrogens with zero attached hydrogens (tertiary/aromatic N) is 2. The third-order valence-electron chi connectivity index (χ3n) is 5.47. The highest BCUT2D eigenvalue weighted by Crippen LogP contribution is 2.35. The molecule has 1 saturated heterocycles. The summed E-state index contributed by atoms with van der Waals surface area (Å²) < 4.78 is 5.42. The number of carbonyl (C=O) groups is 2. The van der Waals surface area contributed by atoms with Gasteiger partial charge in [-0.25, -0.2) is 0 Å². The molecule has 0 radical (unpaired) electrons. The monoisotopic (exact) mass is 379 g/mol. The van der Waals surface area contributed by atoms with Gasteiger partial charge in [0.15, 0.2) is 0 Å². The molecule has 6 heteroatoms. The zero-order valence-corrected chi connectivity index (χ0v) is 16.3. The number of carbonyl (C=O) groups excluding carboxylic acids is 2. The first-order chi connectivity index (χ1) is 13.6. The number of anilines is 2. The minimum Gasteiger partial charge on any atom is -0.494 e. The Morgan fingerprint density at radius 3 is 2.71 bits per heavy atom. The van der Waals surface area contributed by atoms with Crippen molar-refractivity contribution in [2.75, 3.05) is 30.4 Å². The standard InChI is InChI=1S/C22H25N3O3/c1-3-28-17-10-8-16(9-11-17)23-21(26)15-7-12-18-19(14-15)24(2)20-6-4-5-13-25(20)22(18)27/h7-12,14,20H,3-6,13H2,1-2H3,(H,23,26). The molecule has 0 saturated carbocycles. The molecular weight excluding hydrogens is 354 g/mol. The Labute approximate surface area is 165 Å². The fourth-order valence-corrected chi connectivity index (χ4v) is 4.02. The lowest BCUT2D eigenvalue weighted by Crippen LogP contribution is -2.55. The fraction of sp³-hybridized carbons (Fsp3) is 0.364. The summed E-state index contributed by atoms with van der Waals surface area (Å²) in [5.74, 6) is 0.640. The van der Waals surface area contributed by atoms with Crippen LogP contribution in [0.25, 0.3) is 0 Å². The highest BCUT2D eigenvalue weighted by atomic mass is 16.5. The van der Waals surface area contributed by atoms with Crippen molar-refractivity contribution in [1.82, 2.24) is 4.90 Å². The molecule has 2 aliphatic heterocycles. The summed E-state index contributed by atoms with van der Waals surface area (Å²) in [6.45, 7) is 3.33. The molecule has 1 atom stereocenters. The number of amides is 2. The van der Waals surface area contributed by atoms with Gasteiger partial charge < -0.3 is 19.9 Å². The number of hydrogen-bond donors (Lipinski definition) is 1. The average Bonchev–Trinajstić information content (AvgIpc) is 2.73. The van der Waals surface area contributed by atoms with E-state index in [1.807, 2.05) is 49.2 Å². The lowest BCUT2D eigenvalue weighted by Gasteiger charge is -2.46. The zero-order chi connectivity index (χ0) is 19.7. The summed E-state index contributed by atoms with van der Waals surface area (Å²) in [7, 11) is 2.00. The van der Waals surface area contributed by atoms with Crippen LogP contribution in [0, 0.1) is 0 Å². The largest absolute Gasteiger partial charge is 0.494 e. The Bertz CT molecular complexity index is 894. The van der Waals surface area contributed by atoms with Gasteiger partial charge in [-0.3, -0.25) is 9.59 Å². The summed E-state index contributed by atoms with van der Waals surface area (Å²) >= 11 is 0. The van der Waals surface area contributed by atoms with Crippen LogP contribution in [0.3, 0.4) is 0 Å². The molecule has 2 aromatic rings. The molecular formula is C22H25N3O3. The Morgan fingerprint density at radius 1 is 1.18 bits per heavy atom. The van der Waals surface area contributed by atoms with Gasteiger partial charge in [0.2, 0.25) is 0 Å². The van der Waals surface area contributed by atoms with E-state index >= 15 is 0 Å². The molecule has 1 unspecified atom stereocenters. The number of nitrogens with one attached hydrogen (secondary N) is 1. The normalized spacial score (nSPS) is 18.4. The molecule has 1 N–H and O–H groups in total. The lowest BCUT2D eigenvalue weighted by molar-refractivity contribution is 0.0589. The average molecular weight is 379 g/mol. The van der Waals surface area contributed by atoms with Gasteiger partial charge in [-0.1, -0.05) is 0 Å². The second kappa shape index (κ2) is 7.54. The summed E-state index contributed by atoms with van der Waals surface area (Å²) in [4.78, 5) is 29.6. The van der Waals surface area contributed by atoms with E-state index < -0.39 is 0 Å². The van der Waals surface area contributed by atoms with Crippen molar-refractivity contribution >= 4 is 23.2 Å². The number of fused-ring (bicyclic) bond motifs is 2. The topological polar surface area (TPSA) is 61.9 Å². The molecule has 0 aliphatic carbocycles. The molecule has 0 bridgehead atoms. The highest BCUT2D eigenvalue weighted by Gasteiger charge is 2.37. The van der Waals surface area contributed by atoms with Crippen molar-refractivity contribution in [2.24, 2.45) is 0 Å². The quantitative estimate of drug-likeness (QED) is 0.879. The van der Waals surface area contributed by atoms with E-state index in [2.05, 4.69) is 10.2 Å². The van der Waals surface area contributed by atoms with Gasteiger partial charge in [0, 0.05) is 24.8 Å². The number of benzene rings is 2. The Kier molecular flexibility index (Phi) is 4.94. The van der Waals surface area contributed by atoms with E-state index in [1.165, 1.54) is 0 Å². The summed E-state index contributed by atoms with van der Waals surface area (Å²) in [6.07, 6.45) is 3.21. The second-order valence-electron chi connectivity index (χ2n) is 7.23. The third kappa shape index (κ3) is 3.30. The van der Waals surface area contributed by atoms with Crippen molar-refractivity contribution in [3.8, 4) is 5.75 Å². The smallest absolute Gasteiger partial charge is 0.257 e. The molecule has 6 nitrogen and oxygen atoms in total. The number of piperidine rings is 1. The fourth-order valence-electron chi connectivity index (χ4n) is 4.02. The second-order valence-corrected chi connectivity index (χ2v) is 7.23. The van der Waals surface area contributed by atoms with E-state index in [1.54, 1.807) is 12.1 Å². The maximum Gasteiger partial charge on any atom is 0.257 e. The van der Waals surface area contributed by atoms with E-state index in [9.17, 15) is 9.59 Å². The predicted octanol–water partition coefficient (Wildman–Crippen LogP) is 3.74. The third-order valence-corrected chi connectivity index (χ3v) is 5.47. The number of hydrogen-bond acceptors (Lipinski definition) is 4. The van der Waals surface area contributed by atoms with Crippen LogP contribution in [0.15, 0.2) is 42.5 Å². The molecule has 1 fully saturated rings. The van der Waals surface area contributed by atoms with Gasteiger partial charge in [0.25, 0.3) is 11.8 Å². The first-order valence-corrected chi connectivity index (χ1v) is 9.80. The van der Waals surface area contributed by atoms with Crippen molar-refractivity contribution in [2.45, 2.75) is 32.4 Å². The van der Waals surface area contributed by atoms with Crippen LogP contribution in [-0.4, -0.2) is 43.1 Å². The van der Waals surface area contributed by atoms with E-state index in [4.69, 9.17) is 4.74 Å². The molecule has 0 spiro atoms. The first kappa shape index (κ1) is 18.3. The lowest BCUT2D eigenvalue weighted by atomic mass is 9.97. The summed E-state index contributed by atoms with van der Waals surface area (Å²) in [5, 5.41) is 2.91. The van der Waals surface area contributed by atoms with Crippen LogP contribution in [0.5, 0.6) is 5.75 Å². The van der Waals surface area contributed by atoms with Crippen LogP contribution in [0.1, 0.15) is 46.9 Å². The predicted molar refractivity (Wildman–Crippen MR) is 109 cm³/mol. The molecule has 28 heavy (non-hydrogen) atoms. The molecule has 0 aromatic heterocycles. The van der Waals surface area contributed by atoms with Crippen LogP contribution in [0.2, 0.25) is 0 Å². The summed E-state index contributed by atoms with van der Waals surface area (Å²) in [6, 6.07) is 12.6. The van der Waals surface area contributed by atoms with Crippen molar-refractivity contribution in [3.05, 3.63) is 53.6 Å². The zero-order valence-electron chi connectivity index (χ0n) is 16.3. The minimum absolute atomic E-state index is 0.0660. The van der Waals surface area contributed by atoms with Gasteiger partial charge >= 0.3 is 0 Å². The van der Waals surface area contributed by atoms with Crippen LogP contribution >= 0.6 is 0 Å². The molecule has 146 valence electrons. The Morgan fingerprint density at radius 2 is 1.96 bits per heavy atom. The Balaban J connectivity index is 1.56. The maximum atomic E-state index is 12.8. The van der Waals surface area contributed by atoms with Crippen molar-refractivity contribution in [1.29, 1.82) is 0 Å². The van der Waals surface area contributed by atoms with Crippen molar-refractivity contribution in [3.63, 3.8) is 0 Å². The molecule has 2 heterocycles. The van der Waals surface area contributed by atoms with Crippen molar-refractivity contribution < 1.29 is 14.3 Å². The van der Waals surface area contributed by atoms with E-state index in [0.717, 1.165) is 37.2 Å². The molecule has 2 aliphatic rings. The minimum atomic E-state index is -0.195. The molecule has 2 aromatic carbocycles. The van der Waals surface area contributed by atoms with Gasteiger partial charge in [-0.2, -0.15) is 0 Å². The van der Waals surface area contributed by atoms with Gasteiger partial charge in [0.05, 0.1) is 17.9 Å². The summed E-state index contributed by atoms with van der Waals surface area (Å²) in [5.41, 5.74) is 2.73. The van der Waals surface area contributed by atoms with E-state index in [-0.39, 0.29) is 18.0 Å². The van der Waals surface area contributed by atoms with Crippen LogP contribution in [-0.2, 0) is 0 Å². The van der Waals surface area contributed by atoms with Gasteiger partial charge in [-0.05, 0) is 68.7 Å². The first-order valence-electron chi connectivity index (χ1n) is 9.80. The molecule has 4 rings (SSSR count). The SMILES string of the molecule is CCOc1ccc(NC(=O)c2ccc3c(c2)N(C)C2CCCCN2C3=O)cc1. The van der Waals surface area contributed by atoms with Crippen LogP contribution < -0.4 is 15.0 Å². The van der Waals surface area contributed by atoms with Gasteiger partial charge in [-0.15, -0.1) is 0 Å². The van der Waals surface area contributed by atoms with Crippen LogP contribution in [0.4, 0.5) is 11.4 Å². The molecule has 2 amide bonds. The number of ether oxygens (including phenoxy) is 1. The Hall–Kier alpha value is -3.02. The maximum absolute atomic E-state index is 12.8. The highest BCUT2D eigenvalue weighted by molar-refractivity contribution is 6.08. The van der Waals surface area contributed by atoms with E-state index in [0.29, 0.717) is 23.4 Å². The van der Waals surface area contributed by atoms with Gasteiger partial charge in [0.1, 0.15) is 11.9 Å².